The van der Waals surface area contributed by atoms with E-state index in [1.165, 1.54) is 82.0 Å². The zero-order chi connectivity index (χ0) is 15.9. The van der Waals surface area contributed by atoms with Crippen molar-refractivity contribution in [2.75, 3.05) is 19.6 Å². The van der Waals surface area contributed by atoms with Gasteiger partial charge in [-0.2, -0.15) is 0 Å². The van der Waals surface area contributed by atoms with Gasteiger partial charge in [0.05, 0.1) is 0 Å². The summed E-state index contributed by atoms with van der Waals surface area (Å²) in [6.45, 7) is 3.58. The molecule has 2 fully saturated rings. The SMILES string of the molecule is Cl.Clc1cc(/C=C\CN2CCCCCC2)ccc1C1CCCCC1. The van der Waals surface area contributed by atoms with E-state index in [9.17, 15) is 0 Å². The number of halogens is 2. The Labute approximate surface area is 158 Å². The van der Waals surface area contributed by atoms with E-state index in [0.717, 1.165) is 11.6 Å². The van der Waals surface area contributed by atoms with Crippen LogP contribution in [0.4, 0.5) is 0 Å². The molecule has 134 valence electrons. The van der Waals surface area contributed by atoms with Crippen LogP contribution in [0.3, 0.4) is 0 Å². The summed E-state index contributed by atoms with van der Waals surface area (Å²) in [7, 11) is 0. The fraction of sp³-hybridized carbons (Fsp3) is 0.619. The van der Waals surface area contributed by atoms with Crippen LogP contribution in [0.1, 0.15) is 74.8 Å². The van der Waals surface area contributed by atoms with Crippen molar-refractivity contribution in [1.29, 1.82) is 0 Å². The van der Waals surface area contributed by atoms with Crippen molar-refractivity contribution in [3.05, 3.63) is 40.4 Å². The first-order valence-corrected chi connectivity index (χ1v) is 9.89. The lowest BCUT2D eigenvalue weighted by molar-refractivity contribution is 0.316. The number of likely N-dealkylation sites (tertiary alicyclic amines) is 1. The monoisotopic (exact) mass is 367 g/mol. The summed E-state index contributed by atoms with van der Waals surface area (Å²) in [5, 5.41) is 0.967. The molecule has 0 atom stereocenters. The summed E-state index contributed by atoms with van der Waals surface area (Å²) in [5.41, 5.74) is 2.61. The number of hydrogen-bond donors (Lipinski definition) is 0. The average Bonchev–Trinajstić information content (AvgIpc) is 2.85. The molecular formula is C21H31Cl2N. The van der Waals surface area contributed by atoms with E-state index in [0.29, 0.717) is 5.92 Å². The Bertz CT molecular complexity index is 513. The predicted octanol–water partition coefficient (Wildman–Crippen LogP) is 6.70. The third kappa shape index (κ3) is 5.79. The molecular weight excluding hydrogens is 337 g/mol. The molecule has 3 heteroatoms. The second-order valence-electron chi connectivity index (χ2n) is 7.23. The Kier molecular flexibility index (Phi) is 8.66. The number of rotatable bonds is 4. The summed E-state index contributed by atoms with van der Waals surface area (Å²) in [5.74, 6) is 0.686. The summed E-state index contributed by atoms with van der Waals surface area (Å²) in [6, 6.07) is 6.67. The van der Waals surface area contributed by atoms with Gasteiger partial charge in [0, 0.05) is 11.6 Å². The zero-order valence-corrected chi connectivity index (χ0v) is 16.3. The lowest BCUT2D eigenvalue weighted by Gasteiger charge is -2.23. The molecule has 0 aromatic heterocycles. The summed E-state index contributed by atoms with van der Waals surface area (Å²) in [4.78, 5) is 2.57. The van der Waals surface area contributed by atoms with Crippen LogP contribution in [-0.4, -0.2) is 24.5 Å². The molecule has 24 heavy (non-hydrogen) atoms. The van der Waals surface area contributed by atoms with Crippen LogP contribution >= 0.6 is 24.0 Å². The highest BCUT2D eigenvalue weighted by atomic mass is 35.5. The minimum Gasteiger partial charge on any atom is -0.300 e. The average molecular weight is 368 g/mol. The van der Waals surface area contributed by atoms with Crippen molar-refractivity contribution in [3.8, 4) is 0 Å². The topological polar surface area (TPSA) is 3.24 Å². The van der Waals surface area contributed by atoms with Gasteiger partial charge in [-0.1, -0.05) is 68.0 Å². The Hall–Kier alpha value is -0.500. The van der Waals surface area contributed by atoms with Crippen LogP contribution in [-0.2, 0) is 0 Å². The number of hydrogen-bond acceptors (Lipinski definition) is 1. The van der Waals surface area contributed by atoms with Crippen LogP contribution in [0.25, 0.3) is 6.08 Å². The molecule has 1 heterocycles. The summed E-state index contributed by atoms with van der Waals surface area (Å²) in [6.07, 6.45) is 16.8. The van der Waals surface area contributed by atoms with Gasteiger partial charge in [-0.05, 0) is 61.9 Å². The van der Waals surface area contributed by atoms with Gasteiger partial charge in [0.25, 0.3) is 0 Å². The Morgan fingerprint density at radius 1 is 0.958 bits per heavy atom. The third-order valence-electron chi connectivity index (χ3n) is 5.44. The van der Waals surface area contributed by atoms with Gasteiger partial charge in [-0.3, -0.25) is 4.90 Å². The van der Waals surface area contributed by atoms with Gasteiger partial charge in [-0.25, -0.2) is 0 Å². The molecule has 1 saturated heterocycles. The molecule has 1 nitrogen and oxygen atoms in total. The largest absolute Gasteiger partial charge is 0.300 e. The minimum absolute atomic E-state index is 0. The second-order valence-corrected chi connectivity index (χ2v) is 7.64. The molecule has 1 aromatic rings. The van der Waals surface area contributed by atoms with Crippen molar-refractivity contribution in [2.24, 2.45) is 0 Å². The fourth-order valence-electron chi connectivity index (χ4n) is 4.05. The van der Waals surface area contributed by atoms with Crippen molar-refractivity contribution in [3.63, 3.8) is 0 Å². The highest BCUT2D eigenvalue weighted by molar-refractivity contribution is 6.31. The van der Waals surface area contributed by atoms with Gasteiger partial charge in [-0.15, -0.1) is 12.4 Å². The Morgan fingerprint density at radius 3 is 2.29 bits per heavy atom. The Balaban J connectivity index is 0.00000208. The maximum Gasteiger partial charge on any atom is 0.0446 e. The van der Waals surface area contributed by atoms with Crippen molar-refractivity contribution in [1.82, 2.24) is 4.90 Å². The van der Waals surface area contributed by atoms with Gasteiger partial charge in [0.15, 0.2) is 0 Å². The molecule has 0 spiro atoms. The predicted molar refractivity (Wildman–Crippen MR) is 108 cm³/mol. The molecule has 1 aliphatic carbocycles. The van der Waals surface area contributed by atoms with E-state index in [-0.39, 0.29) is 12.4 Å². The third-order valence-corrected chi connectivity index (χ3v) is 5.77. The van der Waals surface area contributed by atoms with Gasteiger partial charge in [0.2, 0.25) is 0 Å². The molecule has 2 aliphatic rings. The standard InChI is InChI=1S/C21H30ClN.ClH/c22-21-17-18(9-8-16-23-14-6-1-2-7-15-23)12-13-20(21)19-10-4-3-5-11-19;/h8-9,12-13,17,19H,1-7,10-11,14-16H2;1H/b9-8-;. The van der Waals surface area contributed by atoms with Gasteiger partial charge >= 0.3 is 0 Å². The van der Waals surface area contributed by atoms with Crippen LogP contribution < -0.4 is 0 Å². The van der Waals surface area contributed by atoms with Crippen molar-refractivity contribution < 1.29 is 0 Å². The molecule has 3 rings (SSSR count). The molecule has 1 aliphatic heterocycles. The Morgan fingerprint density at radius 2 is 1.62 bits per heavy atom. The van der Waals surface area contributed by atoms with E-state index in [1.54, 1.807) is 0 Å². The van der Waals surface area contributed by atoms with E-state index < -0.39 is 0 Å². The first kappa shape index (κ1) is 19.8. The van der Waals surface area contributed by atoms with E-state index >= 15 is 0 Å². The molecule has 0 radical (unpaired) electrons. The van der Waals surface area contributed by atoms with Crippen LogP contribution in [0.2, 0.25) is 5.02 Å². The number of nitrogens with zero attached hydrogens (tertiary/aromatic N) is 1. The molecule has 1 aromatic carbocycles. The van der Waals surface area contributed by atoms with Gasteiger partial charge < -0.3 is 0 Å². The normalized spacial score (nSPS) is 20.7. The van der Waals surface area contributed by atoms with E-state index in [2.05, 4.69) is 35.3 Å². The summed E-state index contributed by atoms with van der Waals surface area (Å²) >= 11 is 6.57. The molecule has 0 bridgehead atoms. The van der Waals surface area contributed by atoms with Crippen LogP contribution in [0.15, 0.2) is 24.3 Å². The van der Waals surface area contributed by atoms with Crippen molar-refractivity contribution in [2.45, 2.75) is 63.7 Å². The first-order chi connectivity index (χ1) is 11.3. The molecule has 0 N–H and O–H groups in total. The number of benzene rings is 1. The van der Waals surface area contributed by atoms with Crippen LogP contribution in [0.5, 0.6) is 0 Å². The quantitative estimate of drug-likeness (QED) is 0.572. The molecule has 0 unspecified atom stereocenters. The van der Waals surface area contributed by atoms with Crippen molar-refractivity contribution >= 4 is 30.1 Å². The maximum absolute atomic E-state index is 6.57. The van der Waals surface area contributed by atoms with Crippen LogP contribution in [0, 0.1) is 0 Å². The smallest absolute Gasteiger partial charge is 0.0446 e. The minimum atomic E-state index is 0. The lowest BCUT2D eigenvalue weighted by Crippen LogP contribution is -2.24. The first-order valence-electron chi connectivity index (χ1n) is 9.51. The highest BCUT2D eigenvalue weighted by Crippen LogP contribution is 2.36. The maximum atomic E-state index is 6.57. The van der Waals surface area contributed by atoms with Gasteiger partial charge in [0.1, 0.15) is 0 Å². The highest BCUT2D eigenvalue weighted by Gasteiger charge is 2.17. The molecule has 0 amide bonds. The zero-order valence-electron chi connectivity index (χ0n) is 14.7. The van der Waals surface area contributed by atoms with E-state index in [1.807, 2.05) is 0 Å². The summed E-state index contributed by atoms with van der Waals surface area (Å²) < 4.78 is 0. The molecule has 1 saturated carbocycles. The second kappa shape index (κ2) is 10.5. The fourth-order valence-corrected chi connectivity index (χ4v) is 4.39. The van der Waals surface area contributed by atoms with E-state index in [4.69, 9.17) is 11.6 Å². The lowest BCUT2D eigenvalue weighted by atomic mass is 9.84.